The summed E-state index contributed by atoms with van der Waals surface area (Å²) in [5.74, 6) is 0. The summed E-state index contributed by atoms with van der Waals surface area (Å²) in [4.78, 5) is 16.9. The third-order valence-corrected chi connectivity index (χ3v) is 5.95. The molecule has 1 aromatic heterocycles. The number of carbonyl (C=O) groups is 1. The van der Waals surface area contributed by atoms with Crippen molar-refractivity contribution in [1.29, 1.82) is 0 Å². The molecule has 0 aliphatic carbocycles. The smallest absolute Gasteiger partial charge is 0.410 e. The van der Waals surface area contributed by atoms with Gasteiger partial charge in [-0.1, -0.05) is 17.7 Å². The highest BCUT2D eigenvalue weighted by Gasteiger charge is 2.28. The maximum absolute atomic E-state index is 13.0. The molecule has 0 N–H and O–H groups in total. The summed E-state index contributed by atoms with van der Waals surface area (Å²) in [6.07, 6.45) is -0.317. The number of halogens is 1. The molecule has 0 radical (unpaired) electrons. The van der Waals surface area contributed by atoms with Crippen LogP contribution in [0.1, 0.15) is 37.6 Å². The van der Waals surface area contributed by atoms with Gasteiger partial charge in [-0.05, 0) is 88.2 Å². The number of benzene rings is 2. The van der Waals surface area contributed by atoms with Gasteiger partial charge in [0, 0.05) is 35.1 Å². The van der Waals surface area contributed by atoms with Crippen LogP contribution in [0.3, 0.4) is 0 Å². The van der Waals surface area contributed by atoms with Crippen molar-refractivity contribution in [2.45, 2.75) is 46.8 Å². The maximum Gasteiger partial charge on any atom is 0.410 e. The van der Waals surface area contributed by atoms with Crippen molar-refractivity contribution in [1.82, 2.24) is 15.1 Å². The van der Waals surface area contributed by atoms with Crippen molar-refractivity contribution in [2.75, 3.05) is 18.0 Å². The van der Waals surface area contributed by atoms with Gasteiger partial charge in [0.25, 0.3) is 0 Å². The van der Waals surface area contributed by atoms with Crippen LogP contribution >= 0.6 is 11.6 Å². The topological polar surface area (TPSA) is 58.6 Å². The number of aromatic nitrogens is 2. The van der Waals surface area contributed by atoms with Gasteiger partial charge in [0.1, 0.15) is 5.60 Å². The Hall–Kier alpha value is -3.12. The molecular weight excluding hydrogens is 436 g/mol. The van der Waals surface area contributed by atoms with E-state index in [9.17, 15) is 4.79 Å². The Morgan fingerprint density at radius 2 is 1.79 bits per heavy atom. The summed E-state index contributed by atoms with van der Waals surface area (Å²) in [6.45, 7) is 11.2. The van der Waals surface area contributed by atoms with Gasteiger partial charge in [-0.2, -0.15) is 10.2 Å². The third-order valence-electron chi connectivity index (χ3n) is 5.52. The predicted molar refractivity (Wildman–Crippen MR) is 132 cm³/mol. The highest BCUT2D eigenvalue weighted by Crippen LogP contribution is 2.36. The number of fused-ring (bicyclic) bond motifs is 1. The number of hydrogen-bond donors (Lipinski definition) is 0. The zero-order chi connectivity index (χ0) is 23.8. The van der Waals surface area contributed by atoms with E-state index in [0.717, 1.165) is 44.5 Å². The summed E-state index contributed by atoms with van der Waals surface area (Å²) < 4.78 is 5.68. The van der Waals surface area contributed by atoms with E-state index in [1.807, 2.05) is 58.9 Å². The van der Waals surface area contributed by atoms with Gasteiger partial charge in [-0.25, -0.2) is 4.79 Å². The van der Waals surface area contributed by atoms with E-state index in [4.69, 9.17) is 16.3 Å². The normalized spacial score (nSPS) is 14.0. The first kappa shape index (κ1) is 23.1. The van der Waals surface area contributed by atoms with Crippen LogP contribution in [0.5, 0.6) is 0 Å². The van der Waals surface area contributed by atoms with Gasteiger partial charge in [-0.3, -0.25) is 0 Å². The molecule has 4 rings (SSSR count). The molecule has 3 aromatic rings. The molecule has 1 aliphatic heterocycles. The molecule has 172 valence electrons. The Morgan fingerprint density at radius 1 is 1.00 bits per heavy atom. The summed E-state index contributed by atoms with van der Waals surface area (Å²) in [5, 5.41) is 9.26. The van der Waals surface area contributed by atoms with Crippen LogP contribution in [0.4, 0.5) is 16.2 Å². The van der Waals surface area contributed by atoms with Crippen molar-refractivity contribution in [2.24, 2.45) is 0 Å². The number of hydrogen-bond acceptors (Lipinski definition) is 5. The second-order valence-corrected chi connectivity index (χ2v) is 9.80. The molecular formula is C26H29ClN4O2. The maximum atomic E-state index is 13.0. The Morgan fingerprint density at radius 3 is 2.45 bits per heavy atom. The number of nitrogens with zero attached hydrogens (tertiary/aromatic N) is 4. The molecule has 33 heavy (non-hydrogen) atoms. The number of aryl methyl sites for hydroxylation is 2. The Balaban J connectivity index is 1.76. The van der Waals surface area contributed by atoms with Gasteiger partial charge in [0.2, 0.25) is 0 Å². The van der Waals surface area contributed by atoms with Crippen LogP contribution in [-0.2, 0) is 11.3 Å². The first-order valence-corrected chi connectivity index (χ1v) is 11.4. The number of ether oxygens (including phenoxy) is 1. The van der Waals surface area contributed by atoms with Gasteiger partial charge >= 0.3 is 6.09 Å². The summed E-state index contributed by atoms with van der Waals surface area (Å²) in [6, 6.07) is 16.2. The zero-order valence-corrected chi connectivity index (χ0v) is 20.5. The zero-order valence-electron chi connectivity index (χ0n) is 19.7. The van der Waals surface area contributed by atoms with Crippen LogP contribution in [0.15, 0.2) is 48.5 Å². The minimum absolute atomic E-state index is 0.317. The molecule has 1 amide bonds. The summed E-state index contributed by atoms with van der Waals surface area (Å²) >= 11 is 6.28. The Labute approximate surface area is 200 Å². The van der Waals surface area contributed by atoms with Gasteiger partial charge in [0.15, 0.2) is 0 Å². The van der Waals surface area contributed by atoms with Crippen LogP contribution in [-0.4, -0.2) is 39.9 Å². The molecule has 0 saturated carbocycles. The number of carbonyl (C=O) groups excluding carboxylic acids is 1. The van der Waals surface area contributed by atoms with E-state index in [1.54, 1.807) is 4.90 Å². The van der Waals surface area contributed by atoms with Crippen molar-refractivity contribution in [3.05, 3.63) is 70.4 Å². The van der Waals surface area contributed by atoms with E-state index in [2.05, 4.69) is 39.4 Å². The lowest BCUT2D eigenvalue weighted by atomic mass is 10.0. The lowest BCUT2D eigenvalue weighted by Gasteiger charge is -2.27. The van der Waals surface area contributed by atoms with E-state index in [0.29, 0.717) is 19.6 Å². The van der Waals surface area contributed by atoms with E-state index >= 15 is 0 Å². The van der Waals surface area contributed by atoms with E-state index < -0.39 is 5.60 Å². The average Bonchev–Trinajstić information content (AvgIpc) is 2.94. The standard InChI is InChI=1S/C26H29ClN4O2/c1-17-14-21(8-9-22(17)27)31-13-12-30(25(32)33-26(3,4)5)16-20-15-19(7-11-24(20)31)23-10-6-18(2)28-29-23/h6-11,14-15H,12-13,16H2,1-5H3. The minimum Gasteiger partial charge on any atom is -0.444 e. The average molecular weight is 465 g/mol. The highest BCUT2D eigenvalue weighted by molar-refractivity contribution is 6.31. The Kier molecular flexibility index (Phi) is 6.30. The largest absolute Gasteiger partial charge is 0.444 e. The summed E-state index contributed by atoms with van der Waals surface area (Å²) in [5.41, 5.74) is 6.18. The van der Waals surface area contributed by atoms with E-state index in [1.165, 1.54) is 0 Å². The van der Waals surface area contributed by atoms with Crippen LogP contribution in [0.2, 0.25) is 5.02 Å². The van der Waals surface area contributed by atoms with Crippen molar-refractivity contribution < 1.29 is 9.53 Å². The van der Waals surface area contributed by atoms with Gasteiger partial charge in [0.05, 0.1) is 17.9 Å². The van der Waals surface area contributed by atoms with Gasteiger partial charge < -0.3 is 14.5 Å². The molecule has 1 aliphatic rings. The first-order chi connectivity index (χ1) is 15.6. The van der Waals surface area contributed by atoms with Crippen molar-refractivity contribution in [3.63, 3.8) is 0 Å². The van der Waals surface area contributed by atoms with Crippen LogP contribution < -0.4 is 4.90 Å². The molecule has 2 aromatic carbocycles. The lowest BCUT2D eigenvalue weighted by Crippen LogP contribution is -2.38. The predicted octanol–water partition coefficient (Wildman–Crippen LogP) is 6.30. The lowest BCUT2D eigenvalue weighted by molar-refractivity contribution is 0.0244. The number of rotatable bonds is 2. The molecule has 0 atom stereocenters. The summed E-state index contributed by atoms with van der Waals surface area (Å²) in [7, 11) is 0. The fourth-order valence-electron chi connectivity index (χ4n) is 3.86. The molecule has 0 bridgehead atoms. The van der Waals surface area contributed by atoms with Crippen LogP contribution in [0, 0.1) is 13.8 Å². The molecule has 0 fully saturated rings. The molecule has 6 nitrogen and oxygen atoms in total. The quantitative estimate of drug-likeness (QED) is 0.445. The van der Waals surface area contributed by atoms with Crippen molar-refractivity contribution in [3.8, 4) is 11.3 Å². The molecule has 0 spiro atoms. The Bertz CT molecular complexity index is 1170. The van der Waals surface area contributed by atoms with Crippen LogP contribution in [0.25, 0.3) is 11.3 Å². The van der Waals surface area contributed by atoms with Crippen molar-refractivity contribution >= 4 is 29.1 Å². The molecule has 0 unspecified atom stereocenters. The SMILES string of the molecule is Cc1ccc(-c2ccc3c(c2)CN(C(=O)OC(C)(C)C)CCN3c2ccc(Cl)c(C)c2)nn1. The second-order valence-electron chi connectivity index (χ2n) is 9.39. The fraction of sp³-hybridized carbons (Fsp3) is 0.346. The second kappa shape index (κ2) is 9.02. The van der Waals surface area contributed by atoms with E-state index in [-0.39, 0.29) is 6.09 Å². The third kappa shape index (κ3) is 5.28. The highest BCUT2D eigenvalue weighted by atomic mass is 35.5. The van der Waals surface area contributed by atoms with Gasteiger partial charge in [-0.15, -0.1) is 0 Å². The fourth-order valence-corrected chi connectivity index (χ4v) is 3.98. The monoisotopic (exact) mass is 464 g/mol. The number of amides is 1. The molecule has 2 heterocycles. The molecule has 0 saturated heterocycles. The first-order valence-electron chi connectivity index (χ1n) is 11.1. The molecule has 7 heteroatoms. The minimum atomic E-state index is -0.557. The number of anilines is 2.